The number of halogens is 3. The van der Waals surface area contributed by atoms with Crippen LogP contribution < -0.4 is 15.4 Å². The molecule has 0 unspecified atom stereocenters. The maximum atomic E-state index is 13.5. The molecule has 8 heteroatoms. The number of para-hydroxylation sites is 1. The van der Waals surface area contributed by atoms with Gasteiger partial charge in [-0.25, -0.2) is 13.2 Å². The Kier molecular flexibility index (Phi) is 7.22. The Hall–Kier alpha value is -3.03. The number of amides is 2. The Labute approximate surface area is 154 Å². The predicted molar refractivity (Wildman–Crippen MR) is 94.1 cm³/mol. The zero-order valence-corrected chi connectivity index (χ0v) is 14.7. The Bertz CT molecular complexity index is 828. The van der Waals surface area contributed by atoms with Crippen LogP contribution in [0.3, 0.4) is 0 Å². The second kappa shape index (κ2) is 9.61. The number of benzene rings is 2. The van der Waals surface area contributed by atoms with Crippen molar-refractivity contribution in [3.8, 4) is 5.75 Å². The second-order valence-corrected chi connectivity index (χ2v) is 5.56. The summed E-state index contributed by atoms with van der Waals surface area (Å²) in [7, 11) is 0. The van der Waals surface area contributed by atoms with Gasteiger partial charge in [-0.05, 0) is 37.6 Å². The van der Waals surface area contributed by atoms with Crippen molar-refractivity contribution in [2.24, 2.45) is 0 Å². The predicted octanol–water partition coefficient (Wildman–Crippen LogP) is 3.65. The summed E-state index contributed by atoms with van der Waals surface area (Å²) in [5, 5.41) is 4.83. The summed E-state index contributed by atoms with van der Waals surface area (Å²) in [4.78, 5) is 24.0. The van der Waals surface area contributed by atoms with Crippen molar-refractivity contribution >= 4 is 17.5 Å². The van der Waals surface area contributed by atoms with Crippen LogP contribution >= 0.6 is 0 Å². The van der Waals surface area contributed by atoms with Crippen LogP contribution in [-0.4, -0.2) is 25.0 Å². The summed E-state index contributed by atoms with van der Waals surface area (Å²) in [6.45, 7) is 2.43. The Balaban J connectivity index is 1.81. The molecule has 0 aromatic heterocycles. The van der Waals surface area contributed by atoms with Crippen LogP contribution in [0.25, 0.3) is 0 Å². The van der Waals surface area contributed by atoms with Crippen molar-refractivity contribution in [1.82, 2.24) is 5.32 Å². The van der Waals surface area contributed by atoms with E-state index in [-0.39, 0.29) is 25.3 Å². The van der Waals surface area contributed by atoms with Crippen LogP contribution in [0.15, 0.2) is 36.4 Å². The van der Waals surface area contributed by atoms with Gasteiger partial charge in [-0.3, -0.25) is 9.59 Å². The zero-order chi connectivity index (χ0) is 19.8. The van der Waals surface area contributed by atoms with E-state index in [2.05, 4.69) is 10.6 Å². The first kappa shape index (κ1) is 20.3. The molecule has 0 atom stereocenters. The number of carbonyl (C=O) groups is 2. The normalized spacial score (nSPS) is 10.4. The van der Waals surface area contributed by atoms with E-state index in [0.717, 1.165) is 12.1 Å². The monoisotopic (exact) mass is 380 g/mol. The summed E-state index contributed by atoms with van der Waals surface area (Å²) < 4.78 is 44.9. The highest BCUT2D eigenvalue weighted by molar-refractivity contribution is 5.97. The minimum atomic E-state index is -1.65. The van der Waals surface area contributed by atoms with Gasteiger partial charge in [0.1, 0.15) is 5.75 Å². The van der Waals surface area contributed by atoms with Crippen molar-refractivity contribution in [2.45, 2.75) is 19.8 Å². The average Bonchev–Trinajstić information content (AvgIpc) is 2.66. The number of hydrogen-bond acceptors (Lipinski definition) is 3. The molecule has 0 radical (unpaired) electrons. The van der Waals surface area contributed by atoms with E-state index in [1.165, 1.54) is 0 Å². The second-order valence-electron chi connectivity index (χ2n) is 5.56. The van der Waals surface area contributed by atoms with Crippen LogP contribution in [0.2, 0.25) is 0 Å². The quantitative estimate of drug-likeness (QED) is 0.543. The molecule has 0 heterocycles. The molecular formula is C19H19F3N2O3. The van der Waals surface area contributed by atoms with Crippen LogP contribution in [0.5, 0.6) is 5.75 Å². The third-order valence-electron chi connectivity index (χ3n) is 3.61. The number of nitrogens with one attached hydrogen (secondary N) is 2. The lowest BCUT2D eigenvalue weighted by Gasteiger charge is -2.10. The number of anilines is 1. The van der Waals surface area contributed by atoms with E-state index in [1.54, 1.807) is 24.3 Å². The molecule has 2 rings (SSSR count). The lowest BCUT2D eigenvalue weighted by molar-refractivity contribution is -0.116. The van der Waals surface area contributed by atoms with Crippen molar-refractivity contribution < 1.29 is 27.5 Å². The van der Waals surface area contributed by atoms with E-state index in [9.17, 15) is 22.8 Å². The van der Waals surface area contributed by atoms with Gasteiger partial charge in [-0.15, -0.1) is 0 Å². The van der Waals surface area contributed by atoms with Gasteiger partial charge in [0.2, 0.25) is 5.91 Å². The van der Waals surface area contributed by atoms with Gasteiger partial charge in [0.05, 0.1) is 17.9 Å². The van der Waals surface area contributed by atoms with E-state index in [0.29, 0.717) is 17.9 Å². The first-order valence-electron chi connectivity index (χ1n) is 8.37. The van der Waals surface area contributed by atoms with Gasteiger partial charge in [0.15, 0.2) is 17.5 Å². The molecule has 2 aromatic carbocycles. The minimum absolute atomic E-state index is 0.0359. The van der Waals surface area contributed by atoms with Crippen LogP contribution in [0.4, 0.5) is 18.9 Å². The minimum Gasteiger partial charge on any atom is -0.493 e. The van der Waals surface area contributed by atoms with Gasteiger partial charge >= 0.3 is 0 Å². The molecule has 2 amide bonds. The van der Waals surface area contributed by atoms with Gasteiger partial charge in [0, 0.05) is 13.0 Å². The maximum absolute atomic E-state index is 13.5. The Morgan fingerprint density at radius 1 is 1.04 bits per heavy atom. The first-order valence-corrected chi connectivity index (χ1v) is 8.37. The van der Waals surface area contributed by atoms with E-state index in [1.807, 2.05) is 6.92 Å². The fraction of sp³-hybridized carbons (Fsp3) is 0.263. The molecule has 0 saturated carbocycles. The fourth-order valence-corrected chi connectivity index (χ4v) is 2.32. The molecule has 0 saturated heterocycles. The molecule has 5 nitrogen and oxygen atoms in total. The third-order valence-corrected chi connectivity index (χ3v) is 3.61. The Morgan fingerprint density at radius 3 is 2.52 bits per heavy atom. The van der Waals surface area contributed by atoms with Gasteiger partial charge in [-0.2, -0.15) is 0 Å². The summed E-state index contributed by atoms with van der Waals surface area (Å²) in [5.74, 6) is -4.89. The van der Waals surface area contributed by atoms with Crippen LogP contribution in [0.1, 0.15) is 30.1 Å². The molecule has 0 aliphatic rings. The molecule has 0 aliphatic carbocycles. The summed E-state index contributed by atoms with van der Waals surface area (Å²) >= 11 is 0. The number of hydrogen-bond donors (Lipinski definition) is 2. The van der Waals surface area contributed by atoms with Crippen molar-refractivity contribution in [3.05, 3.63) is 59.4 Å². The zero-order valence-electron chi connectivity index (χ0n) is 14.7. The largest absolute Gasteiger partial charge is 0.493 e. The standard InChI is InChI=1S/C19H19F3N2O3/c1-2-27-15-7-4-3-6-12(15)19(26)23-11-5-8-16(25)24-14-10-9-13(20)17(21)18(14)22/h3-4,6-7,9-10H,2,5,8,11H2,1H3,(H,23,26)(H,24,25). The third kappa shape index (κ3) is 5.47. The molecule has 0 spiro atoms. The SMILES string of the molecule is CCOc1ccccc1C(=O)NCCCC(=O)Nc1ccc(F)c(F)c1F. The average molecular weight is 380 g/mol. The molecule has 144 valence electrons. The van der Waals surface area contributed by atoms with E-state index < -0.39 is 29.0 Å². The molecule has 0 bridgehead atoms. The molecular weight excluding hydrogens is 361 g/mol. The highest BCUT2D eigenvalue weighted by Crippen LogP contribution is 2.20. The highest BCUT2D eigenvalue weighted by atomic mass is 19.2. The van der Waals surface area contributed by atoms with Gasteiger partial charge in [0.25, 0.3) is 5.91 Å². The van der Waals surface area contributed by atoms with Crippen molar-refractivity contribution in [3.63, 3.8) is 0 Å². The topological polar surface area (TPSA) is 67.4 Å². The van der Waals surface area contributed by atoms with Crippen LogP contribution in [-0.2, 0) is 4.79 Å². The number of rotatable bonds is 8. The van der Waals surface area contributed by atoms with Crippen LogP contribution in [0, 0.1) is 17.5 Å². The van der Waals surface area contributed by atoms with E-state index in [4.69, 9.17) is 4.74 Å². The van der Waals surface area contributed by atoms with Gasteiger partial charge < -0.3 is 15.4 Å². The molecule has 0 aliphatic heterocycles. The molecule has 2 aromatic rings. The smallest absolute Gasteiger partial charge is 0.255 e. The Morgan fingerprint density at radius 2 is 1.78 bits per heavy atom. The summed E-state index contributed by atoms with van der Waals surface area (Å²) in [5.41, 5.74) is -0.0544. The highest BCUT2D eigenvalue weighted by Gasteiger charge is 2.15. The summed E-state index contributed by atoms with van der Waals surface area (Å²) in [6.07, 6.45) is 0.242. The molecule has 27 heavy (non-hydrogen) atoms. The lowest BCUT2D eigenvalue weighted by Crippen LogP contribution is -2.26. The summed E-state index contributed by atoms with van der Waals surface area (Å²) in [6, 6.07) is 8.44. The number of ether oxygens (including phenoxy) is 1. The van der Waals surface area contributed by atoms with Crippen molar-refractivity contribution in [1.29, 1.82) is 0 Å². The number of carbonyl (C=O) groups excluding carboxylic acids is 2. The molecule has 0 fully saturated rings. The fourth-order valence-electron chi connectivity index (χ4n) is 2.32. The first-order chi connectivity index (χ1) is 12.9. The van der Waals surface area contributed by atoms with Gasteiger partial charge in [-0.1, -0.05) is 12.1 Å². The molecule has 2 N–H and O–H groups in total. The maximum Gasteiger partial charge on any atom is 0.255 e. The van der Waals surface area contributed by atoms with E-state index >= 15 is 0 Å². The van der Waals surface area contributed by atoms with Crippen molar-refractivity contribution in [2.75, 3.05) is 18.5 Å². The lowest BCUT2D eigenvalue weighted by atomic mass is 10.2.